The number of benzene rings is 1. The Bertz CT molecular complexity index is 1030. The van der Waals surface area contributed by atoms with Crippen LogP contribution in [0.1, 0.15) is 50.6 Å². The van der Waals surface area contributed by atoms with E-state index in [0.29, 0.717) is 34.3 Å². The van der Waals surface area contributed by atoms with E-state index in [1.165, 1.54) is 23.5 Å². The maximum Gasteiger partial charge on any atom is 0.263 e. The molecule has 2 aromatic heterocycles. The maximum absolute atomic E-state index is 13.0. The Hall–Kier alpha value is -2.39. The number of hydrogen-bond acceptors (Lipinski definition) is 5. The fourth-order valence-corrected chi connectivity index (χ4v) is 4.24. The second-order valence-corrected chi connectivity index (χ2v) is 8.02. The lowest BCUT2D eigenvalue weighted by Crippen LogP contribution is -2.24. The Morgan fingerprint density at radius 3 is 2.85 bits per heavy atom. The molecule has 3 aromatic rings. The number of carbonyl (C=O) groups is 1. The van der Waals surface area contributed by atoms with Crippen LogP contribution in [-0.2, 0) is 13.0 Å². The largest absolute Gasteiger partial charge is 0.344 e. The summed E-state index contributed by atoms with van der Waals surface area (Å²) in [6, 6.07) is 6.71. The molecular formula is C18H18FN5OS2. The molecule has 9 heteroatoms. The van der Waals surface area contributed by atoms with Gasteiger partial charge in [-0.1, -0.05) is 12.1 Å². The predicted molar refractivity (Wildman–Crippen MR) is 103 cm³/mol. The van der Waals surface area contributed by atoms with E-state index in [1.54, 1.807) is 12.1 Å². The third-order valence-electron chi connectivity index (χ3n) is 4.41. The molecule has 1 aliphatic rings. The molecule has 27 heavy (non-hydrogen) atoms. The topological polar surface area (TPSA) is 75.6 Å². The van der Waals surface area contributed by atoms with E-state index in [-0.39, 0.29) is 11.7 Å². The molecule has 0 spiro atoms. The van der Waals surface area contributed by atoms with E-state index in [4.69, 9.17) is 12.2 Å². The summed E-state index contributed by atoms with van der Waals surface area (Å²) in [7, 11) is 0. The molecule has 1 aromatic carbocycles. The number of rotatable bonds is 6. The van der Waals surface area contributed by atoms with Gasteiger partial charge in [0.1, 0.15) is 10.7 Å². The molecule has 4 rings (SSSR count). The molecule has 2 N–H and O–H groups in total. The maximum atomic E-state index is 13.0. The van der Waals surface area contributed by atoms with Crippen LogP contribution in [0.15, 0.2) is 24.3 Å². The number of aromatic nitrogens is 4. The van der Waals surface area contributed by atoms with Crippen molar-refractivity contribution in [1.29, 1.82) is 0 Å². The van der Waals surface area contributed by atoms with Crippen LogP contribution in [0.4, 0.5) is 4.39 Å². The number of amides is 1. The Balaban J connectivity index is 1.44. The van der Waals surface area contributed by atoms with Gasteiger partial charge in [-0.05, 0) is 49.7 Å². The first-order valence-electron chi connectivity index (χ1n) is 8.66. The van der Waals surface area contributed by atoms with Crippen molar-refractivity contribution >= 4 is 29.5 Å². The molecule has 0 bridgehead atoms. The highest BCUT2D eigenvalue weighted by molar-refractivity contribution is 7.71. The third-order valence-corrected chi connectivity index (χ3v) is 5.86. The van der Waals surface area contributed by atoms with Gasteiger partial charge >= 0.3 is 0 Å². The summed E-state index contributed by atoms with van der Waals surface area (Å²) in [4.78, 5) is 17.7. The minimum absolute atomic E-state index is 0.174. The van der Waals surface area contributed by atoms with Gasteiger partial charge in [-0.2, -0.15) is 5.10 Å². The normalized spacial score (nSPS) is 13.7. The van der Waals surface area contributed by atoms with Crippen molar-refractivity contribution in [2.75, 3.05) is 0 Å². The van der Waals surface area contributed by atoms with Gasteiger partial charge in [-0.25, -0.2) is 9.37 Å². The van der Waals surface area contributed by atoms with Crippen LogP contribution < -0.4 is 5.32 Å². The van der Waals surface area contributed by atoms with E-state index in [2.05, 4.69) is 20.5 Å². The lowest BCUT2D eigenvalue weighted by molar-refractivity contribution is 0.0952. The SMILES string of the molecule is Cc1nc(Cc2ccc(F)cc2)sc1C(=O)NCc1n[nH]c(=S)n1C1CC1. The van der Waals surface area contributed by atoms with E-state index < -0.39 is 0 Å². The molecule has 0 saturated heterocycles. The summed E-state index contributed by atoms with van der Waals surface area (Å²) in [6.45, 7) is 2.13. The van der Waals surface area contributed by atoms with Gasteiger partial charge < -0.3 is 5.32 Å². The Morgan fingerprint density at radius 1 is 1.41 bits per heavy atom. The molecule has 2 heterocycles. The first-order valence-corrected chi connectivity index (χ1v) is 9.88. The van der Waals surface area contributed by atoms with Crippen LogP contribution in [0.2, 0.25) is 0 Å². The summed E-state index contributed by atoms with van der Waals surface area (Å²) in [5, 5.41) is 10.8. The quantitative estimate of drug-likeness (QED) is 0.616. The van der Waals surface area contributed by atoms with Gasteiger partial charge in [0.2, 0.25) is 0 Å². The zero-order valence-electron chi connectivity index (χ0n) is 14.7. The highest BCUT2D eigenvalue weighted by atomic mass is 32.1. The molecule has 140 valence electrons. The number of H-pyrrole nitrogens is 1. The number of aromatic amines is 1. The zero-order chi connectivity index (χ0) is 19.0. The second-order valence-electron chi connectivity index (χ2n) is 6.55. The number of carbonyl (C=O) groups excluding carboxylic acids is 1. The van der Waals surface area contributed by atoms with Gasteiger partial charge in [0.15, 0.2) is 10.6 Å². The number of nitrogens with one attached hydrogen (secondary N) is 2. The van der Waals surface area contributed by atoms with Gasteiger partial charge in [0.05, 0.1) is 17.2 Å². The minimum Gasteiger partial charge on any atom is -0.344 e. The molecule has 0 radical (unpaired) electrons. The summed E-state index contributed by atoms with van der Waals surface area (Å²) in [5.41, 5.74) is 1.65. The standard InChI is InChI=1S/C18H18FN5OS2/c1-10-16(27-15(21-10)8-11-2-4-12(19)5-3-11)17(25)20-9-14-22-23-18(26)24(14)13-6-7-13/h2-5,13H,6-9H2,1H3,(H,20,25)(H,23,26). The van der Waals surface area contributed by atoms with Crippen molar-refractivity contribution in [1.82, 2.24) is 25.1 Å². The first kappa shape index (κ1) is 18.0. The van der Waals surface area contributed by atoms with Crippen molar-refractivity contribution in [3.63, 3.8) is 0 Å². The van der Waals surface area contributed by atoms with Gasteiger partial charge in [0, 0.05) is 12.5 Å². The van der Waals surface area contributed by atoms with Crippen LogP contribution in [-0.4, -0.2) is 25.7 Å². The second kappa shape index (κ2) is 7.32. The Kier molecular flexibility index (Phi) is 4.88. The fraction of sp³-hybridized carbons (Fsp3) is 0.333. The molecule has 0 unspecified atom stereocenters. The van der Waals surface area contributed by atoms with Crippen LogP contribution >= 0.6 is 23.6 Å². The number of aryl methyl sites for hydroxylation is 1. The average molecular weight is 404 g/mol. The van der Waals surface area contributed by atoms with E-state index in [9.17, 15) is 9.18 Å². The van der Waals surface area contributed by atoms with Gasteiger partial charge in [-0.15, -0.1) is 11.3 Å². The van der Waals surface area contributed by atoms with E-state index in [0.717, 1.165) is 29.2 Å². The first-order chi connectivity index (χ1) is 13.0. The number of halogens is 1. The minimum atomic E-state index is -0.266. The van der Waals surface area contributed by atoms with Crippen LogP contribution in [0.3, 0.4) is 0 Å². The summed E-state index contributed by atoms with van der Waals surface area (Å²) < 4.78 is 15.6. The van der Waals surface area contributed by atoms with Crippen molar-refractivity contribution in [2.24, 2.45) is 0 Å². The Labute approximate surface area is 164 Å². The summed E-state index contributed by atoms with van der Waals surface area (Å²) >= 11 is 6.61. The summed E-state index contributed by atoms with van der Waals surface area (Å²) in [5.74, 6) is 0.300. The van der Waals surface area contributed by atoms with Crippen LogP contribution in [0, 0.1) is 17.5 Å². The van der Waals surface area contributed by atoms with Crippen molar-refractivity contribution in [3.8, 4) is 0 Å². The molecule has 6 nitrogen and oxygen atoms in total. The highest BCUT2D eigenvalue weighted by Crippen LogP contribution is 2.35. The molecular weight excluding hydrogens is 385 g/mol. The Morgan fingerprint density at radius 2 is 2.15 bits per heavy atom. The van der Waals surface area contributed by atoms with Crippen LogP contribution in [0.5, 0.6) is 0 Å². The molecule has 1 fully saturated rings. The smallest absolute Gasteiger partial charge is 0.263 e. The predicted octanol–water partition coefficient (Wildman–Crippen LogP) is 3.70. The lowest BCUT2D eigenvalue weighted by atomic mass is 10.1. The average Bonchev–Trinajstić information content (AvgIpc) is 3.31. The molecule has 1 amide bonds. The van der Waals surface area contributed by atoms with Gasteiger partial charge in [-0.3, -0.25) is 14.5 Å². The van der Waals surface area contributed by atoms with Crippen molar-refractivity contribution < 1.29 is 9.18 Å². The molecule has 0 atom stereocenters. The molecule has 1 aliphatic carbocycles. The molecule has 0 aliphatic heterocycles. The summed E-state index contributed by atoms with van der Waals surface area (Å²) in [6.07, 6.45) is 2.75. The van der Waals surface area contributed by atoms with E-state index in [1.807, 2.05) is 11.5 Å². The van der Waals surface area contributed by atoms with Crippen molar-refractivity contribution in [2.45, 2.75) is 38.8 Å². The monoisotopic (exact) mass is 403 g/mol. The highest BCUT2D eigenvalue weighted by Gasteiger charge is 2.27. The number of thiazole rings is 1. The molecule has 1 saturated carbocycles. The lowest BCUT2D eigenvalue weighted by Gasteiger charge is -2.06. The third kappa shape index (κ3) is 3.98. The van der Waals surface area contributed by atoms with Gasteiger partial charge in [0.25, 0.3) is 5.91 Å². The zero-order valence-corrected chi connectivity index (χ0v) is 16.3. The number of nitrogens with zero attached hydrogens (tertiary/aromatic N) is 3. The van der Waals surface area contributed by atoms with Crippen LogP contribution in [0.25, 0.3) is 0 Å². The fourth-order valence-electron chi connectivity index (χ4n) is 2.93. The van der Waals surface area contributed by atoms with E-state index >= 15 is 0 Å². The van der Waals surface area contributed by atoms with Crippen molar-refractivity contribution in [3.05, 3.63) is 61.8 Å². The number of hydrogen-bond donors (Lipinski definition) is 2.